The zero-order valence-electron chi connectivity index (χ0n) is 18.9. The third-order valence-electron chi connectivity index (χ3n) is 5.37. The molecule has 0 spiro atoms. The molecular formula is C27H27N3O4. The van der Waals surface area contributed by atoms with Crippen molar-refractivity contribution in [3.8, 4) is 5.88 Å². The van der Waals surface area contributed by atoms with Crippen molar-refractivity contribution in [3.05, 3.63) is 95.1 Å². The van der Waals surface area contributed by atoms with Crippen molar-refractivity contribution in [2.75, 3.05) is 19.8 Å². The topological polar surface area (TPSA) is 107 Å². The van der Waals surface area contributed by atoms with E-state index in [1.165, 1.54) is 0 Å². The van der Waals surface area contributed by atoms with Crippen LogP contribution in [0.3, 0.4) is 0 Å². The average Bonchev–Trinajstić information content (AvgIpc) is 3.19. The molecule has 34 heavy (non-hydrogen) atoms. The van der Waals surface area contributed by atoms with Crippen molar-refractivity contribution in [1.29, 1.82) is 0 Å². The molecule has 4 N–H and O–H groups in total. The summed E-state index contributed by atoms with van der Waals surface area (Å²) in [4.78, 5) is 20.0. The first-order chi connectivity index (χ1) is 16.6. The largest absolute Gasteiger partial charge is 0.494 e. The number of esters is 1. The summed E-state index contributed by atoms with van der Waals surface area (Å²) in [6.07, 6.45) is 0. The maximum Gasteiger partial charge on any atom is 0.338 e. The number of hydrogen-bond donors (Lipinski definition) is 4. The van der Waals surface area contributed by atoms with E-state index >= 15 is 0 Å². The molecule has 7 nitrogen and oxygen atoms in total. The van der Waals surface area contributed by atoms with E-state index in [1.54, 1.807) is 25.1 Å². The molecule has 1 heterocycles. The number of carbonyl (C=O) groups is 1. The van der Waals surface area contributed by atoms with Crippen LogP contribution in [-0.2, 0) is 11.3 Å². The molecule has 1 aromatic heterocycles. The Kier molecular flexibility index (Phi) is 7.37. The van der Waals surface area contributed by atoms with E-state index in [9.17, 15) is 9.90 Å². The maximum atomic E-state index is 12.1. The highest BCUT2D eigenvalue weighted by atomic mass is 16.5. The standard InChI is InChI=1S/C27H27N3O4/c1-2-34-27(33)20-10-13-22-23(16-20)30-26(32)24(22)25(19-6-4-3-5-7-19)29-21-11-8-18(9-12-21)17-28-14-15-31/h3-13,16,28,30-32H,2,14-15,17H2,1H3. The summed E-state index contributed by atoms with van der Waals surface area (Å²) in [7, 11) is 0. The second-order valence-corrected chi connectivity index (χ2v) is 7.72. The van der Waals surface area contributed by atoms with Gasteiger partial charge in [-0.05, 0) is 36.8 Å². The number of ether oxygens (including phenoxy) is 1. The molecule has 0 saturated carbocycles. The lowest BCUT2D eigenvalue weighted by Gasteiger charge is -2.09. The summed E-state index contributed by atoms with van der Waals surface area (Å²) in [5, 5.41) is 23.7. The summed E-state index contributed by atoms with van der Waals surface area (Å²) in [5.41, 5.74) is 4.86. The van der Waals surface area contributed by atoms with Gasteiger partial charge in [-0.3, -0.25) is 0 Å². The summed E-state index contributed by atoms with van der Waals surface area (Å²) >= 11 is 0. The Labute approximate surface area is 197 Å². The number of aliphatic hydroxyl groups excluding tert-OH is 1. The number of hydrogen-bond acceptors (Lipinski definition) is 6. The predicted molar refractivity (Wildman–Crippen MR) is 133 cm³/mol. The number of aliphatic imine (C=N–C) groups is 1. The van der Waals surface area contributed by atoms with Gasteiger partial charge >= 0.3 is 5.97 Å². The van der Waals surface area contributed by atoms with Crippen molar-refractivity contribution >= 4 is 28.3 Å². The predicted octanol–water partition coefficient (Wildman–Crippen LogP) is 4.30. The van der Waals surface area contributed by atoms with E-state index in [0.29, 0.717) is 42.1 Å². The van der Waals surface area contributed by atoms with Crippen molar-refractivity contribution in [2.45, 2.75) is 13.5 Å². The SMILES string of the molecule is CCOC(=O)c1ccc2c(C(=Nc3ccc(CNCCO)cc3)c3ccccc3)c(O)[nH]c2c1. The summed E-state index contributed by atoms with van der Waals surface area (Å²) in [6, 6.07) is 22.6. The van der Waals surface area contributed by atoms with E-state index in [4.69, 9.17) is 14.8 Å². The van der Waals surface area contributed by atoms with Crippen molar-refractivity contribution < 1.29 is 19.7 Å². The van der Waals surface area contributed by atoms with Crippen LogP contribution in [-0.4, -0.2) is 46.6 Å². The zero-order chi connectivity index (χ0) is 23.9. The van der Waals surface area contributed by atoms with E-state index in [0.717, 1.165) is 22.2 Å². The minimum atomic E-state index is -0.412. The highest BCUT2D eigenvalue weighted by Crippen LogP contribution is 2.32. The van der Waals surface area contributed by atoms with Crippen LogP contribution < -0.4 is 5.32 Å². The molecule has 3 aromatic carbocycles. The lowest BCUT2D eigenvalue weighted by Crippen LogP contribution is -2.17. The van der Waals surface area contributed by atoms with Gasteiger partial charge in [0.2, 0.25) is 0 Å². The Morgan fingerprint density at radius 3 is 2.50 bits per heavy atom. The van der Waals surface area contributed by atoms with Gasteiger partial charge in [0.25, 0.3) is 0 Å². The average molecular weight is 458 g/mol. The van der Waals surface area contributed by atoms with Gasteiger partial charge in [-0.2, -0.15) is 0 Å². The van der Waals surface area contributed by atoms with Gasteiger partial charge in [-0.1, -0.05) is 48.5 Å². The van der Waals surface area contributed by atoms with Gasteiger partial charge in [0.1, 0.15) is 0 Å². The van der Waals surface area contributed by atoms with Crippen molar-refractivity contribution in [3.63, 3.8) is 0 Å². The van der Waals surface area contributed by atoms with Crippen LogP contribution in [0.15, 0.2) is 77.8 Å². The highest BCUT2D eigenvalue weighted by Gasteiger charge is 2.20. The fourth-order valence-corrected chi connectivity index (χ4v) is 3.75. The number of H-pyrrole nitrogens is 1. The Morgan fingerprint density at radius 2 is 1.79 bits per heavy atom. The maximum absolute atomic E-state index is 12.1. The zero-order valence-corrected chi connectivity index (χ0v) is 18.9. The monoisotopic (exact) mass is 457 g/mol. The Morgan fingerprint density at radius 1 is 1.03 bits per heavy atom. The summed E-state index contributed by atoms with van der Waals surface area (Å²) in [5.74, 6) is -0.436. The lowest BCUT2D eigenvalue weighted by molar-refractivity contribution is 0.0526. The molecule has 0 radical (unpaired) electrons. The molecule has 0 aliphatic heterocycles. The molecule has 7 heteroatoms. The number of nitrogens with zero attached hydrogens (tertiary/aromatic N) is 1. The van der Waals surface area contributed by atoms with Gasteiger partial charge in [0, 0.05) is 29.6 Å². The molecule has 0 aliphatic carbocycles. The van der Waals surface area contributed by atoms with Crippen LogP contribution in [0.4, 0.5) is 5.69 Å². The highest BCUT2D eigenvalue weighted by molar-refractivity contribution is 6.22. The minimum Gasteiger partial charge on any atom is -0.494 e. The summed E-state index contributed by atoms with van der Waals surface area (Å²) in [6.45, 7) is 3.34. The molecule has 4 rings (SSSR count). The third-order valence-corrected chi connectivity index (χ3v) is 5.37. The first-order valence-electron chi connectivity index (χ1n) is 11.2. The molecule has 0 unspecified atom stereocenters. The molecule has 0 aliphatic rings. The van der Waals surface area contributed by atoms with Gasteiger partial charge < -0.3 is 25.3 Å². The lowest BCUT2D eigenvalue weighted by atomic mass is 10.00. The molecule has 0 bridgehead atoms. The van der Waals surface area contributed by atoms with Crippen molar-refractivity contribution in [1.82, 2.24) is 10.3 Å². The Balaban J connectivity index is 1.76. The number of aliphatic hydroxyl groups is 1. The smallest absolute Gasteiger partial charge is 0.338 e. The number of aromatic nitrogens is 1. The van der Waals surface area contributed by atoms with Crippen LogP contribution in [0.5, 0.6) is 5.88 Å². The second kappa shape index (κ2) is 10.8. The first kappa shape index (κ1) is 23.2. The first-order valence-corrected chi connectivity index (χ1v) is 11.2. The van der Waals surface area contributed by atoms with Crippen LogP contribution in [0.1, 0.15) is 34.0 Å². The van der Waals surface area contributed by atoms with Crippen LogP contribution >= 0.6 is 0 Å². The number of nitrogens with one attached hydrogen (secondary N) is 2. The molecule has 4 aromatic rings. The van der Waals surface area contributed by atoms with Gasteiger partial charge in [-0.15, -0.1) is 0 Å². The van der Waals surface area contributed by atoms with E-state index in [2.05, 4.69) is 10.3 Å². The number of benzene rings is 3. The summed E-state index contributed by atoms with van der Waals surface area (Å²) < 4.78 is 5.09. The number of aromatic amines is 1. The van der Waals surface area contributed by atoms with Gasteiger partial charge in [0.15, 0.2) is 5.88 Å². The normalized spacial score (nSPS) is 11.6. The molecule has 0 saturated heterocycles. The molecule has 0 amide bonds. The quantitative estimate of drug-likeness (QED) is 0.170. The van der Waals surface area contributed by atoms with E-state index in [1.807, 2.05) is 54.6 Å². The molecular weight excluding hydrogens is 430 g/mol. The molecule has 0 fully saturated rings. The Bertz CT molecular complexity index is 1290. The van der Waals surface area contributed by atoms with Crippen LogP contribution in [0.25, 0.3) is 10.9 Å². The molecule has 174 valence electrons. The second-order valence-electron chi connectivity index (χ2n) is 7.72. The fraction of sp³-hybridized carbons (Fsp3) is 0.185. The van der Waals surface area contributed by atoms with E-state index < -0.39 is 5.97 Å². The molecule has 0 atom stereocenters. The van der Waals surface area contributed by atoms with Crippen LogP contribution in [0.2, 0.25) is 0 Å². The van der Waals surface area contributed by atoms with Crippen LogP contribution in [0, 0.1) is 0 Å². The fourth-order valence-electron chi connectivity index (χ4n) is 3.75. The van der Waals surface area contributed by atoms with Gasteiger partial charge in [0.05, 0.1) is 35.7 Å². The van der Waals surface area contributed by atoms with E-state index in [-0.39, 0.29) is 12.5 Å². The number of fused-ring (bicyclic) bond motifs is 1. The number of aromatic hydroxyl groups is 1. The number of rotatable bonds is 9. The Hall–Kier alpha value is -3.94. The minimum absolute atomic E-state index is 0.0246. The third kappa shape index (κ3) is 5.17. The number of carbonyl (C=O) groups excluding carboxylic acids is 1. The van der Waals surface area contributed by atoms with Gasteiger partial charge in [-0.25, -0.2) is 9.79 Å². The van der Waals surface area contributed by atoms with Crippen molar-refractivity contribution in [2.24, 2.45) is 4.99 Å².